The van der Waals surface area contributed by atoms with Crippen LogP contribution in [0.3, 0.4) is 0 Å². The van der Waals surface area contributed by atoms with Gasteiger partial charge in [0.15, 0.2) is 6.29 Å². The second-order valence-electron chi connectivity index (χ2n) is 6.40. The lowest BCUT2D eigenvalue weighted by molar-refractivity contribution is 0.0525. The van der Waals surface area contributed by atoms with E-state index in [0.29, 0.717) is 29.8 Å². The molecule has 0 spiro atoms. The summed E-state index contributed by atoms with van der Waals surface area (Å²) >= 11 is 0. The lowest BCUT2D eigenvalue weighted by Crippen LogP contribution is -2.47. The zero-order valence-corrected chi connectivity index (χ0v) is 14.7. The number of ether oxygens (including phenoxy) is 1. The van der Waals surface area contributed by atoms with E-state index in [0.717, 1.165) is 19.3 Å². The van der Waals surface area contributed by atoms with Crippen LogP contribution in [0.4, 0.5) is 0 Å². The molecule has 0 radical (unpaired) electrons. The molecule has 0 saturated carbocycles. The number of hydrogen-bond donors (Lipinski definition) is 1. The van der Waals surface area contributed by atoms with E-state index in [4.69, 9.17) is 4.74 Å². The van der Waals surface area contributed by atoms with Gasteiger partial charge in [0.25, 0.3) is 5.91 Å². The van der Waals surface area contributed by atoms with Gasteiger partial charge in [-0.05, 0) is 50.5 Å². The van der Waals surface area contributed by atoms with Crippen LogP contribution in [0.1, 0.15) is 45.7 Å². The van der Waals surface area contributed by atoms with Crippen LogP contribution in [0.25, 0.3) is 0 Å². The Bertz CT molecular complexity index is 806. The lowest BCUT2D eigenvalue weighted by atomic mass is 10.0. The van der Waals surface area contributed by atoms with Crippen LogP contribution >= 0.6 is 0 Å². The van der Waals surface area contributed by atoms with Gasteiger partial charge < -0.3 is 14.7 Å². The molecule has 0 aliphatic carbocycles. The third kappa shape index (κ3) is 3.69. The summed E-state index contributed by atoms with van der Waals surface area (Å²) < 4.78 is 5.79. The molecule has 0 bridgehead atoms. The number of aldehydes is 1. The molecule has 136 valence electrons. The molecule has 1 N–H and O–H groups in total. The summed E-state index contributed by atoms with van der Waals surface area (Å²) in [7, 11) is 0. The predicted molar refractivity (Wildman–Crippen MR) is 96.6 cm³/mol. The number of aryl methyl sites for hydroxylation is 1. The predicted octanol–water partition coefficient (Wildman–Crippen LogP) is 2.98. The number of likely N-dealkylation sites (tertiary alicyclic amines) is 1. The molecule has 6 heteroatoms. The average molecular weight is 354 g/mol. The first kappa shape index (κ1) is 17.9. The molecule has 1 atom stereocenters. The number of aromatic hydroxyl groups is 1. The molecular formula is C20H22N2O4. The third-order valence-electron chi connectivity index (χ3n) is 4.72. The second kappa shape index (κ2) is 7.99. The Hall–Kier alpha value is -2.89. The maximum absolute atomic E-state index is 13.0. The fourth-order valence-electron chi connectivity index (χ4n) is 3.27. The summed E-state index contributed by atoms with van der Waals surface area (Å²) in [6, 6.07) is 8.18. The van der Waals surface area contributed by atoms with Gasteiger partial charge in [-0.1, -0.05) is 6.07 Å². The number of phenols is 1. The summed E-state index contributed by atoms with van der Waals surface area (Å²) in [5.41, 5.74) is 1.44. The topological polar surface area (TPSA) is 79.7 Å². The molecule has 2 aromatic rings. The van der Waals surface area contributed by atoms with Gasteiger partial charge in [0.2, 0.25) is 0 Å². The van der Waals surface area contributed by atoms with Crippen LogP contribution in [-0.4, -0.2) is 46.4 Å². The zero-order valence-electron chi connectivity index (χ0n) is 14.7. The van der Waals surface area contributed by atoms with E-state index >= 15 is 0 Å². The molecule has 1 aliphatic heterocycles. The molecule has 1 aromatic carbocycles. The standard InChI is InChI=1S/C20H22N2O4/c1-14-16(7-5-10-21-14)20(25)22-11-3-2-6-15(22)13-26-19-9-4-8-18(24)17(19)12-23/h4-5,7-10,12,15,24H,2-3,6,11,13H2,1H3. The molecule has 1 amide bonds. The van der Waals surface area contributed by atoms with Gasteiger partial charge in [-0.2, -0.15) is 0 Å². The van der Waals surface area contributed by atoms with Gasteiger partial charge in [-0.3, -0.25) is 14.6 Å². The first-order valence-corrected chi connectivity index (χ1v) is 8.74. The van der Waals surface area contributed by atoms with Crippen LogP contribution in [0.15, 0.2) is 36.5 Å². The number of benzene rings is 1. The highest BCUT2D eigenvalue weighted by Gasteiger charge is 2.29. The Kier molecular flexibility index (Phi) is 5.51. The zero-order chi connectivity index (χ0) is 18.5. The van der Waals surface area contributed by atoms with Crippen LogP contribution in [0.2, 0.25) is 0 Å². The molecule has 6 nitrogen and oxygen atoms in total. The van der Waals surface area contributed by atoms with Crippen molar-refractivity contribution in [2.75, 3.05) is 13.2 Å². The quantitative estimate of drug-likeness (QED) is 0.835. The Labute approximate surface area is 152 Å². The number of amides is 1. The van der Waals surface area contributed by atoms with Crippen LogP contribution in [-0.2, 0) is 0 Å². The summed E-state index contributed by atoms with van der Waals surface area (Å²) in [4.78, 5) is 30.2. The fourth-order valence-corrected chi connectivity index (χ4v) is 3.27. The lowest BCUT2D eigenvalue weighted by Gasteiger charge is -2.36. The minimum Gasteiger partial charge on any atom is -0.507 e. The van der Waals surface area contributed by atoms with Crippen molar-refractivity contribution >= 4 is 12.2 Å². The highest BCUT2D eigenvalue weighted by Crippen LogP contribution is 2.27. The number of carbonyl (C=O) groups excluding carboxylic acids is 2. The van der Waals surface area contributed by atoms with Crippen LogP contribution in [0, 0.1) is 6.92 Å². The van der Waals surface area contributed by atoms with Gasteiger partial charge in [-0.15, -0.1) is 0 Å². The largest absolute Gasteiger partial charge is 0.507 e. The molecule has 1 saturated heterocycles. The van der Waals surface area contributed by atoms with Crippen LogP contribution in [0.5, 0.6) is 11.5 Å². The number of hydrogen-bond acceptors (Lipinski definition) is 5. The average Bonchev–Trinajstić information content (AvgIpc) is 2.66. The van der Waals surface area contributed by atoms with E-state index in [2.05, 4.69) is 4.98 Å². The number of phenolic OH excluding ortho intramolecular Hbond substituents is 1. The molecule has 1 unspecified atom stereocenters. The van der Waals surface area contributed by atoms with Crippen molar-refractivity contribution in [2.45, 2.75) is 32.2 Å². The van der Waals surface area contributed by atoms with E-state index in [1.54, 1.807) is 30.5 Å². The van der Waals surface area contributed by atoms with E-state index in [1.165, 1.54) is 6.07 Å². The van der Waals surface area contributed by atoms with Gasteiger partial charge in [-0.25, -0.2) is 0 Å². The second-order valence-corrected chi connectivity index (χ2v) is 6.40. The van der Waals surface area contributed by atoms with Crippen molar-refractivity contribution in [2.24, 2.45) is 0 Å². The molecule has 1 aromatic heterocycles. The van der Waals surface area contributed by atoms with Gasteiger partial charge in [0.1, 0.15) is 18.1 Å². The molecule has 3 rings (SSSR count). The fraction of sp³-hybridized carbons (Fsp3) is 0.350. The monoisotopic (exact) mass is 354 g/mol. The number of rotatable bonds is 5. The van der Waals surface area contributed by atoms with E-state index in [9.17, 15) is 14.7 Å². The Morgan fingerprint density at radius 3 is 2.96 bits per heavy atom. The maximum Gasteiger partial charge on any atom is 0.256 e. The van der Waals surface area contributed by atoms with Crippen molar-refractivity contribution < 1.29 is 19.4 Å². The summed E-state index contributed by atoms with van der Waals surface area (Å²) in [5, 5.41) is 9.77. The van der Waals surface area contributed by atoms with Gasteiger partial charge >= 0.3 is 0 Å². The highest BCUT2D eigenvalue weighted by molar-refractivity contribution is 5.95. The smallest absolute Gasteiger partial charge is 0.256 e. The molecular weight excluding hydrogens is 332 g/mol. The maximum atomic E-state index is 13.0. The van der Waals surface area contributed by atoms with E-state index in [1.807, 2.05) is 11.8 Å². The summed E-state index contributed by atoms with van der Waals surface area (Å²) in [6.07, 6.45) is 5.05. The normalized spacial score (nSPS) is 17.0. The summed E-state index contributed by atoms with van der Waals surface area (Å²) in [5.74, 6) is 0.172. The van der Waals surface area contributed by atoms with E-state index in [-0.39, 0.29) is 29.9 Å². The Morgan fingerprint density at radius 2 is 2.19 bits per heavy atom. The number of piperidine rings is 1. The molecule has 1 fully saturated rings. The van der Waals surface area contributed by atoms with Crippen LogP contribution < -0.4 is 4.74 Å². The summed E-state index contributed by atoms with van der Waals surface area (Å²) in [6.45, 7) is 2.77. The van der Waals surface area contributed by atoms with Crippen molar-refractivity contribution in [1.82, 2.24) is 9.88 Å². The van der Waals surface area contributed by atoms with Crippen molar-refractivity contribution in [3.63, 3.8) is 0 Å². The first-order chi connectivity index (χ1) is 12.6. The number of pyridine rings is 1. The SMILES string of the molecule is Cc1ncccc1C(=O)N1CCCCC1COc1cccc(O)c1C=O. The number of nitrogens with zero attached hydrogens (tertiary/aromatic N) is 2. The van der Waals surface area contributed by atoms with Crippen molar-refractivity contribution in [3.8, 4) is 11.5 Å². The first-order valence-electron chi connectivity index (χ1n) is 8.74. The molecule has 1 aliphatic rings. The van der Waals surface area contributed by atoms with Crippen molar-refractivity contribution in [1.29, 1.82) is 0 Å². The third-order valence-corrected chi connectivity index (χ3v) is 4.72. The van der Waals surface area contributed by atoms with Gasteiger partial charge in [0.05, 0.1) is 17.2 Å². The highest BCUT2D eigenvalue weighted by atomic mass is 16.5. The number of aromatic nitrogens is 1. The molecule has 2 heterocycles. The number of carbonyl (C=O) groups is 2. The Morgan fingerprint density at radius 1 is 1.35 bits per heavy atom. The minimum absolute atomic E-state index is 0.0459. The van der Waals surface area contributed by atoms with Crippen molar-refractivity contribution in [3.05, 3.63) is 53.3 Å². The Balaban J connectivity index is 1.76. The minimum atomic E-state index is -0.111. The van der Waals surface area contributed by atoms with Gasteiger partial charge in [0, 0.05) is 18.4 Å². The molecule has 26 heavy (non-hydrogen) atoms. The van der Waals surface area contributed by atoms with E-state index < -0.39 is 0 Å².